The van der Waals surface area contributed by atoms with Crippen molar-refractivity contribution in [2.75, 3.05) is 13.7 Å². The van der Waals surface area contributed by atoms with Crippen molar-refractivity contribution in [1.29, 1.82) is 0 Å². The van der Waals surface area contributed by atoms with E-state index in [1.165, 1.54) is 19.2 Å². The van der Waals surface area contributed by atoms with E-state index in [2.05, 4.69) is 10.5 Å². The van der Waals surface area contributed by atoms with Gasteiger partial charge in [-0.2, -0.15) is 0 Å². The number of aromatic nitrogens is 1. The van der Waals surface area contributed by atoms with Gasteiger partial charge in [-0.05, 0) is 43.3 Å². The Bertz CT molecular complexity index is 806. The fourth-order valence-corrected chi connectivity index (χ4v) is 2.42. The number of pyridine rings is 1. The quantitative estimate of drug-likeness (QED) is 0.833. The molecule has 0 aliphatic carbocycles. The molecule has 7 heteroatoms. The standard InChI is InChI=1S/C18H18N2O5/c1-18(10-14(20-25-18)12-5-7-19-8-6-12)11-24-16-9-13(17(21)22)3-4-15(16)23-2/h3-10,20H,11H2,1-2H3,(H,21,22). The van der Waals surface area contributed by atoms with E-state index in [9.17, 15) is 4.79 Å². The summed E-state index contributed by atoms with van der Waals surface area (Å²) < 4.78 is 11.0. The molecule has 1 aliphatic heterocycles. The highest BCUT2D eigenvalue weighted by Gasteiger charge is 2.32. The minimum atomic E-state index is -1.03. The van der Waals surface area contributed by atoms with Gasteiger partial charge in [0.25, 0.3) is 0 Å². The number of ether oxygens (including phenoxy) is 2. The zero-order chi connectivity index (χ0) is 17.9. The molecular weight excluding hydrogens is 324 g/mol. The third-order valence-electron chi connectivity index (χ3n) is 3.76. The Kier molecular flexibility index (Phi) is 4.58. The van der Waals surface area contributed by atoms with Gasteiger partial charge in [-0.15, -0.1) is 0 Å². The highest BCUT2D eigenvalue weighted by molar-refractivity contribution is 5.88. The molecule has 2 heterocycles. The second-order valence-electron chi connectivity index (χ2n) is 5.77. The van der Waals surface area contributed by atoms with Crippen molar-refractivity contribution in [1.82, 2.24) is 10.5 Å². The van der Waals surface area contributed by atoms with E-state index in [0.29, 0.717) is 11.5 Å². The van der Waals surface area contributed by atoms with Crippen LogP contribution >= 0.6 is 0 Å². The first kappa shape index (κ1) is 16.8. The van der Waals surface area contributed by atoms with Crippen LogP contribution in [0.25, 0.3) is 5.70 Å². The van der Waals surface area contributed by atoms with Gasteiger partial charge in [0.1, 0.15) is 12.2 Å². The number of hydrogen-bond acceptors (Lipinski definition) is 6. The van der Waals surface area contributed by atoms with E-state index in [-0.39, 0.29) is 12.2 Å². The fourth-order valence-electron chi connectivity index (χ4n) is 2.42. The largest absolute Gasteiger partial charge is 0.493 e. The van der Waals surface area contributed by atoms with Gasteiger partial charge in [0.15, 0.2) is 11.5 Å². The molecule has 1 aromatic carbocycles. The van der Waals surface area contributed by atoms with Gasteiger partial charge in [0.05, 0.1) is 18.4 Å². The van der Waals surface area contributed by atoms with Crippen LogP contribution in [0.3, 0.4) is 0 Å². The average Bonchev–Trinajstić information content (AvgIpc) is 3.03. The van der Waals surface area contributed by atoms with Crippen molar-refractivity contribution in [3.63, 3.8) is 0 Å². The van der Waals surface area contributed by atoms with E-state index in [1.807, 2.05) is 25.1 Å². The van der Waals surface area contributed by atoms with Crippen LogP contribution in [0.1, 0.15) is 22.8 Å². The number of nitrogens with zero attached hydrogens (tertiary/aromatic N) is 1. The summed E-state index contributed by atoms with van der Waals surface area (Å²) in [5.74, 6) is -0.228. The molecule has 0 radical (unpaired) electrons. The van der Waals surface area contributed by atoms with E-state index in [1.54, 1.807) is 18.5 Å². The molecule has 25 heavy (non-hydrogen) atoms. The van der Waals surface area contributed by atoms with Gasteiger partial charge in [-0.3, -0.25) is 15.3 Å². The SMILES string of the molecule is COc1ccc(C(=O)O)cc1OCC1(C)C=C(c2ccncc2)NO1. The van der Waals surface area contributed by atoms with Crippen LogP contribution < -0.4 is 15.0 Å². The Morgan fingerprint density at radius 2 is 2.04 bits per heavy atom. The molecule has 2 aromatic rings. The van der Waals surface area contributed by atoms with Crippen LogP contribution in [0.15, 0.2) is 48.8 Å². The second-order valence-corrected chi connectivity index (χ2v) is 5.77. The molecule has 3 rings (SSSR count). The van der Waals surface area contributed by atoms with Gasteiger partial charge < -0.3 is 14.6 Å². The molecule has 0 fully saturated rings. The zero-order valence-corrected chi connectivity index (χ0v) is 13.9. The number of hydroxylamine groups is 1. The highest BCUT2D eigenvalue weighted by Crippen LogP contribution is 2.31. The molecule has 1 aliphatic rings. The number of rotatable bonds is 6. The number of nitrogens with one attached hydrogen (secondary N) is 1. The summed E-state index contributed by atoms with van der Waals surface area (Å²) in [5, 5.41) is 9.12. The summed E-state index contributed by atoms with van der Waals surface area (Å²) in [6.45, 7) is 2.04. The maximum Gasteiger partial charge on any atom is 0.335 e. The zero-order valence-electron chi connectivity index (χ0n) is 13.9. The smallest absolute Gasteiger partial charge is 0.335 e. The van der Waals surface area contributed by atoms with Crippen LogP contribution in [0.4, 0.5) is 0 Å². The van der Waals surface area contributed by atoms with Gasteiger partial charge >= 0.3 is 5.97 Å². The lowest BCUT2D eigenvalue weighted by molar-refractivity contribution is -0.0476. The lowest BCUT2D eigenvalue weighted by Gasteiger charge is -2.21. The molecule has 130 valence electrons. The summed E-state index contributed by atoms with van der Waals surface area (Å²) in [4.78, 5) is 20.8. The van der Waals surface area contributed by atoms with Crippen molar-refractivity contribution in [2.24, 2.45) is 0 Å². The molecule has 1 aromatic heterocycles. The number of methoxy groups -OCH3 is 1. The van der Waals surface area contributed by atoms with E-state index < -0.39 is 11.6 Å². The molecule has 1 atom stereocenters. The van der Waals surface area contributed by atoms with Crippen molar-refractivity contribution in [3.8, 4) is 11.5 Å². The third-order valence-corrected chi connectivity index (χ3v) is 3.76. The predicted octanol–water partition coefficient (Wildman–Crippen LogP) is 2.50. The van der Waals surface area contributed by atoms with Crippen molar-refractivity contribution in [3.05, 3.63) is 59.9 Å². The fraction of sp³-hybridized carbons (Fsp3) is 0.222. The van der Waals surface area contributed by atoms with Crippen LogP contribution in [-0.2, 0) is 4.84 Å². The first-order valence-electron chi connectivity index (χ1n) is 7.62. The lowest BCUT2D eigenvalue weighted by atomic mass is 10.1. The molecule has 0 amide bonds. The lowest BCUT2D eigenvalue weighted by Crippen LogP contribution is -2.33. The first-order chi connectivity index (χ1) is 12.0. The predicted molar refractivity (Wildman–Crippen MR) is 90.3 cm³/mol. The minimum absolute atomic E-state index is 0.124. The van der Waals surface area contributed by atoms with Gasteiger partial charge in [0.2, 0.25) is 0 Å². The molecular formula is C18H18N2O5. The molecule has 0 saturated heterocycles. The topological polar surface area (TPSA) is 89.9 Å². The normalized spacial score (nSPS) is 19.0. The van der Waals surface area contributed by atoms with Gasteiger partial charge in [0, 0.05) is 18.0 Å². The molecule has 1 unspecified atom stereocenters. The van der Waals surface area contributed by atoms with Crippen LogP contribution in [0.5, 0.6) is 11.5 Å². The highest BCUT2D eigenvalue weighted by atomic mass is 16.7. The van der Waals surface area contributed by atoms with Crippen LogP contribution in [-0.4, -0.2) is 35.4 Å². The van der Waals surface area contributed by atoms with Gasteiger partial charge in [-0.25, -0.2) is 4.79 Å². The second kappa shape index (κ2) is 6.82. The van der Waals surface area contributed by atoms with E-state index in [4.69, 9.17) is 19.4 Å². The number of hydrogen-bond donors (Lipinski definition) is 2. The maximum absolute atomic E-state index is 11.1. The first-order valence-corrected chi connectivity index (χ1v) is 7.62. The van der Waals surface area contributed by atoms with Crippen LogP contribution in [0.2, 0.25) is 0 Å². The maximum atomic E-state index is 11.1. The Balaban J connectivity index is 1.76. The summed E-state index contributed by atoms with van der Waals surface area (Å²) in [6.07, 6.45) is 5.31. The number of carboxylic acids is 1. The van der Waals surface area contributed by atoms with Crippen LogP contribution in [0, 0.1) is 0 Å². The molecule has 0 bridgehead atoms. The number of benzene rings is 1. The average molecular weight is 342 g/mol. The number of aromatic carboxylic acids is 1. The van der Waals surface area contributed by atoms with E-state index >= 15 is 0 Å². The number of carbonyl (C=O) groups is 1. The summed E-state index contributed by atoms with van der Waals surface area (Å²) in [6, 6.07) is 8.20. The summed E-state index contributed by atoms with van der Waals surface area (Å²) >= 11 is 0. The summed E-state index contributed by atoms with van der Waals surface area (Å²) in [5.41, 5.74) is 4.06. The van der Waals surface area contributed by atoms with E-state index in [0.717, 1.165) is 11.3 Å². The van der Waals surface area contributed by atoms with Crippen molar-refractivity contribution in [2.45, 2.75) is 12.5 Å². The third kappa shape index (κ3) is 3.72. The molecule has 7 nitrogen and oxygen atoms in total. The minimum Gasteiger partial charge on any atom is -0.493 e. The van der Waals surface area contributed by atoms with Crippen molar-refractivity contribution >= 4 is 11.7 Å². The Morgan fingerprint density at radius 3 is 2.72 bits per heavy atom. The van der Waals surface area contributed by atoms with Crippen molar-refractivity contribution < 1.29 is 24.2 Å². The van der Waals surface area contributed by atoms with Gasteiger partial charge in [-0.1, -0.05) is 0 Å². The molecule has 0 saturated carbocycles. The molecule has 2 N–H and O–H groups in total. The Hall–Kier alpha value is -3.06. The monoisotopic (exact) mass is 342 g/mol. The number of carboxylic acid groups (broad SMARTS) is 1. The summed E-state index contributed by atoms with van der Waals surface area (Å²) in [7, 11) is 1.50. The Morgan fingerprint density at radius 1 is 1.28 bits per heavy atom. The molecule has 0 spiro atoms. The Labute approximate surface area is 144 Å².